The van der Waals surface area contributed by atoms with Crippen molar-refractivity contribution < 1.29 is 23.5 Å². The second-order valence-electron chi connectivity index (χ2n) is 13.7. The minimum Gasteiger partial charge on any atom is -0.414 e. The van der Waals surface area contributed by atoms with Crippen LogP contribution in [-0.2, 0) is 22.1 Å². The molecule has 0 spiro atoms. The van der Waals surface area contributed by atoms with E-state index >= 15 is 0 Å². The Bertz CT molecular complexity index is 1370. The molecule has 1 saturated heterocycles. The third-order valence-electron chi connectivity index (χ3n) is 9.39. The summed E-state index contributed by atoms with van der Waals surface area (Å²) in [6.07, 6.45) is 4.38. The summed E-state index contributed by atoms with van der Waals surface area (Å²) in [5.41, 5.74) is 3.24. The lowest BCUT2D eigenvalue weighted by Gasteiger charge is -2.40. The van der Waals surface area contributed by atoms with Crippen LogP contribution in [0.15, 0.2) is 78.9 Å². The Balaban J connectivity index is 1.32. The summed E-state index contributed by atoms with van der Waals surface area (Å²) in [7, 11) is -2.02. The molecule has 1 amide bonds. The number of nitrogens with zero attached hydrogens (tertiary/aromatic N) is 1. The zero-order chi connectivity index (χ0) is 31.9. The number of carbonyl (C=O) groups is 2. The molecule has 3 atom stereocenters. The highest BCUT2D eigenvalue weighted by molar-refractivity contribution is 6.74. The first-order chi connectivity index (χ1) is 20.8. The predicted molar refractivity (Wildman–Crippen MR) is 177 cm³/mol. The summed E-state index contributed by atoms with van der Waals surface area (Å²) in [6.45, 7) is 12.0. The van der Waals surface area contributed by atoms with Crippen molar-refractivity contribution >= 4 is 20.0 Å². The summed E-state index contributed by atoms with van der Waals surface area (Å²) < 4.78 is 20.4. The number of amides is 1. The number of halogens is 1. The number of aryl methyl sites for hydroxylation is 1. The number of hydrogen-bond donors (Lipinski definition) is 1. The fourth-order valence-corrected chi connectivity index (χ4v) is 7.08. The van der Waals surface area contributed by atoms with E-state index in [1.54, 1.807) is 24.3 Å². The van der Waals surface area contributed by atoms with Gasteiger partial charge in [0.25, 0.3) is 0 Å². The van der Waals surface area contributed by atoms with E-state index in [9.17, 15) is 19.1 Å². The van der Waals surface area contributed by atoms with Crippen molar-refractivity contribution in [2.24, 2.45) is 0 Å². The molecular weight excluding hydrogens is 569 g/mol. The number of aliphatic hydroxyl groups is 1. The van der Waals surface area contributed by atoms with Crippen LogP contribution in [-0.4, -0.2) is 48.7 Å². The molecule has 0 radical (unpaired) electrons. The average molecular weight is 618 g/mol. The monoisotopic (exact) mass is 617 g/mol. The Morgan fingerprint density at radius 3 is 2.27 bits per heavy atom. The standard InChI is InChI=1S/C37H48FNO4Si/c1-37(2,3)44(4,5)43-33(26-28-15-19-31(38)20-16-28)23-21-32-22-24-34(40)39(32)25-9-10-27-13-17-30(18-14-27)36(42)35(41)29-11-7-6-8-12-29/h6-8,11-20,32-33,36,42H,9-10,21-26H2,1-5H3. The number of ketones is 1. The summed E-state index contributed by atoms with van der Waals surface area (Å²) in [5.74, 6) is -0.331. The first kappa shape index (κ1) is 33.8. The van der Waals surface area contributed by atoms with Crippen molar-refractivity contribution in [1.29, 1.82) is 0 Å². The maximum Gasteiger partial charge on any atom is 0.222 e. The Hall–Kier alpha value is -3.13. The van der Waals surface area contributed by atoms with Gasteiger partial charge in [0, 0.05) is 30.7 Å². The molecule has 5 nitrogen and oxygen atoms in total. The van der Waals surface area contributed by atoms with Crippen molar-refractivity contribution in [1.82, 2.24) is 4.90 Å². The van der Waals surface area contributed by atoms with E-state index in [0.717, 1.165) is 49.7 Å². The van der Waals surface area contributed by atoms with Gasteiger partial charge >= 0.3 is 0 Å². The van der Waals surface area contributed by atoms with Gasteiger partial charge in [-0.05, 0) is 85.5 Å². The normalized spacial score (nSPS) is 17.1. The highest BCUT2D eigenvalue weighted by Gasteiger charge is 2.39. The number of likely N-dealkylation sites (tertiary alicyclic amines) is 1. The average Bonchev–Trinajstić information content (AvgIpc) is 3.35. The van der Waals surface area contributed by atoms with Gasteiger partial charge in [0.05, 0.1) is 0 Å². The van der Waals surface area contributed by atoms with E-state index in [2.05, 4.69) is 38.8 Å². The molecule has 3 aromatic rings. The molecule has 0 aliphatic carbocycles. The van der Waals surface area contributed by atoms with Crippen molar-refractivity contribution in [3.8, 4) is 0 Å². The van der Waals surface area contributed by atoms with Gasteiger partial charge in [-0.25, -0.2) is 4.39 Å². The predicted octanol–water partition coefficient (Wildman–Crippen LogP) is 8.08. The number of aliphatic hydroxyl groups excluding tert-OH is 1. The summed E-state index contributed by atoms with van der Waals surface area (Å²) in [4.78, 5) is 27.5. The molecule has 1 fully saturated rings. The lowest BCUT2D eigenvalue weighted by molar-refractivity contribution is -0.129. The van der Waals surface area contributed by atoms with Crippen LogP contribution in [0.5, 0.6) is 0 Å². The number of rotatable bonds is 14. The van der Waals surface area contributed by atoms with Gasteiger partial charge < -0.3 is 14.4 Å². The van der Waals surface area contributed by atoms with Crippen molar-refractivity contribution in [2.75, 3.05) is 6.54 Å². The van der Waals surface area contributed by atoms with Crippen LogP contribution in [0.1, 0.15) is 86.0 Å². The topological polar surface area (TPSA) is 66.8 Å². The first-order valence-corrected chi connectivity index (χ1v) is 18.8. The molecule has 0 aromatic heterocycles. The molecule has 4 rings (SSSR count). The Morgan fingerprint density at radius 2 is 1.64 bits per heavy atom. The van der Waals surface area contributed by atoms with Gasteiger partial charge in [-0.3, -0.25) is 9.59 Å². The third-order valence-corrected chi connectivity index (χ3v) is 13.9. The zero-order valence-electron chi connectivity index (χ0n) is 26.9. The third kappa shape index (κ3) is 8.96. The minimum absolute atomic E-state index is 0.0153. The molecular formula is C37H48FNO4Si. The van der Waals surface area contributed by atoms with Crippen LogP contribution in [0.25, 0.3) is 0 Å². The minimum atomic E-state index is -2.02. The molecule has 0 saturated carbocycles. The van der Waals surface area contributed by atoms with Gasteiger partial charge in [0.1, 0.15) is 11.9 Å². The molecule has 1 heterocycles. The largest absolute Gasteiger partial charge is 0.414 e. The molecule has 1 N–H and O–H groups in total. The maximum absolute atomic E-state index is 13.5. The molecule has 7 heteroatoms. The zero-order valence-corrected chi connectivity index (χ0v) is 27.9. The Kier molecular flexibility index (Phi) is 11.3. The van der Waals surface area contributed by atoms with Gasteiger partial charge in [0.15, 0.2) is 14.1 Å². The molecule has 0 bridgehead atoms. The summed E-state index contributed by atoms with van der Waals surface area (Å²) in [6, 6.07) is 23.3. The number of hydrogen-bond acceptors (Lipinski definition) is 4. The van der Waals surface area contributed by atoms with Gasteiger partial charge in [-0.2, -0.15) is 0 Å². The lowest BCUT2D eigenvalue weighted by atomic mass is 9.98. The van der Waals surface area contributed by atoms with Gasteiger partial charge in [-0.1, -0.05) is 87.5 Å². The molecule has 3 aromatic carbocycles. The molecule has 1 aliphatic rings. The fraction of sp³-hybridized carbons (Fsp3) is 0.459. The first-order valence-electron chi connectivity index (χ1n) is 15.9. The van der Waals surface area contributed by atoms with Gasteiger partial charge in [0.2, 0.25) is 5.91 Å². The Labute approximate surface area is 263 Å². The number of Topliss-reactive ketones (excluding diaryl/α,β-unsaturated/α-hetero) is 1. The second kappa shape index (κ2) is 14.8. The van der Waals surface area contributed by atoms with E-state index < -0.39 is 14.4 Å². The summed E-state index contributed by atoms with van der Waals surface area (Å²) in [5, 5.41) is 10.7. The van der Waals surface area contributed by atoms with Crippen LogP contribution in [0.3, 0.4) is 0 Å². The SMILES string of the molecule is CC(C)(C)[Si](C)(C)OC(CCC1CCC(=O)N1CCCc1ccc(C(O)C(=O)c2ccccc2)cc1)Cc1ccc(F)cc1. The maximum atomic E-state index is 13.5. The number of carbonyl (C=O) groups excluding carboxylic acids is 2. The van der Waals surface area contributed by atoms with Crippen molar-refractivity contribution in [3.63, 3.8) is 0 Å². The van der Waals surface area contributed by atoms with Gasteiger partial charge in [-0.15, -0.1) is 0 Å². The van der Waals surface area contributed by atoms with E-state index in [4.69, 9.17) is 4.43 Å². The van der Waals surface area contributed by atoms with Crippen molar-refractivity contribution in [2.45, 2.75) is 102 Å². The number of benzene rings is 3. The molecule has 44 heavy (non-hydrogen) atoms. The van der Waals surface area contributed by atoms with E-state index in [1.807, 2.05) is 42.5 Å². The van der Waals surface area contributed by atoms with E-state index in [-0.39, 0.29) is 34.7 Å². The highest BCUT2D eigenvalue weighted by Crippen LogP contribution is 2.38. The van der Waals surface area contributed by atoms with Crippen LogP contribution in [0.2, 0.25) is 18.1 Å². The highest BCUT2D eigenvalue weighted by atomic mass is 28.4. The molecule has 1 aliphatic heterocycles. The molecule has 236 valence electrons. The van der Waals surface area contributed by atoms with Crippen LogP contribution < -0.4 is 0 Å². The van der Waals surface area contributed by atoms with Crippen molar-refractivity contribution in [3.05, 3.63) is 107 Å². The quantitative estimate of drug-likeness (QED) is 0.147. The van der Waals surface area contributed by atoms with Crippen LogP contribution in [0.4, 0.5) is 4.39 Å². The van der Waals surface area contributed by atoms with Crippen LogP contribution >= 0.6 is 0 Å². The second-order valence-corrected chi connectivity index (χ2v) is 18.4. The van der Waals surface area contributed by atoms with E-state index in [0.29, 0.717) is 24.1 Å². The van der Waals surface area contributed by atoms with E-state index in [1.165, 1.54) is 12.1 Å². The molecule has 3 unspecified atom stereocenters. The fourth-order valence-electron chi connectivity index (χ4n) is 5.69. The smallest absolute Gasteiger partial charge is 0.222 e. The Morgan fingerprint density at radius 1 is 1.00 bits per heavy atom. The van der Waals surface area contributed by atoms with Crippen LogP contribution in [0, 0.1) is 5.82 Å². The lowest BCUT2D eigenvalue weighted by Crippen LogP contribution is -2.45. The summed E-state index contributed by atoms with van der Waals surface area (Å²) >= 11 is 0.